The summed E-state index contributed by atoms with van der Waals surface area (Å²) in [6.07, 6.45) is 25.5. The molecule has 0 spiro atoms. The number of ketones is 1. The first-order chi connectivity index (χ1) is 13.1. The van der Waals surface area contributed by atoms with Gasteiger partial charge in [0.25, 0.3) is 0 Å². The summed E-state index contributed by atoms with van der Waals surface area (Å²) in [4.78, 5) is 23.3. The second kappa shape index (κ2) is 18.2. The number of hydrogen-bond acceptors (Lipinski definition) is 2. The van der Waals surface area contributed by atoms with Crippen molar-refractivity contribution in [3.8, 4) is 0 Å². The third kappa shape index (κ3) is 14.5. The second-order valence-corrected chi connectivity index (χ2v) is 7.99. The normalized spacial score (nSPS) is 12.3. The van der Waals surface area contributed by atoms with E-state index in [1.54, 1.807) is 12.2 Å². The van der Waals surface area contributed by atoms with Gasteiger partial charge in [-0.25, -0.2) is 0 Å². The molecule has 0 aromatic heterocycles. The van der Waals surface area contributed by atoms with E-state index in [0.717, 1.165) is 64.2 Å². The Hall–Kier alpha value is -1.18. The first-order valence-corrected chi connectivity index (χ1v) is 11.5. The van der Waals surface area contributed by atoms with Gasteiger partial charge in [-0.15, -0.1) is 0 Å². The van der Waals surface area contributed by atoms with Crippen LogP contribution >= 0.6 is 0 Å². The molecule has 0 amide bonds. The number of hydrogen-bond donors (Lipinski definition) is 0. The minimum Gasteiger partial charge on any atom is -0.303 e. The molecule has 0 bridgehead atoms. The Labute approximate surface area is 168 Å². The summed E-state index contributed by atoms with van der Waals surface area (Å²) in [6.45, 7) is 6.55. The number of carbonyl (C=O) groups excluding carboxylic acids is 2. The molecule has 0 heterocycles. The zero-order valence-corrected chi connectivity index (χ0v) is 18.3. The number of rotatable bonds is 19. The predicted molar refractivity (Wildman–Crippen MR) is 118 cm³/mol. The van der Waals surface area contributed by atoms with Gasteiger partial charge in [0.15, 0.2) is 5.78 Å². The smallest absolute Gasteiger partial charge is 0.177 e. The van der Waals surface area contributed by atoms with Crippen molar-refractivity contribution in [3.63, 3.8) is 0 Å². The quantitative estimate of drug-likeness (QED) is 0.131. The van der Waals surface area contributed by atoms with Crippen molar-refractivity contribution in [2.75, 3.05) is 0 Å². The van der Waals surface area contributed by atoms with Crippen LogP contribution in [-0.2, 0) is 9.59 Å². The van der Waals surface area contributed by atoms with Crippen molar-refractivity contribution in [1.82, 2.24) is 0 Å². The van der Waals surface area contributed by atoms with E-state index in [4.69, 9.17) is 0 Å². The van der Waals surface area contributed by atoms with E-state index in [9.17, 15) is 9.59 Å². The molecule has 2 heteroatoms. The summed E-state index contributed by atoms with van der Waals surface area (Å²) >= 11 is 0. The molecule has 0 unspecified atom stereocenters. The fraction of sp³-hybridized carbons (Fsp3) is 0.760. The molecule has 0 saturated carbocycles. The highest BCUT2D eigenvalue weighted by molar-refractivity contribution is 5.99. The summed E-state index contributed by atoms with van der Waals surface area (Å²) in [7, 11) is 0. The maximum Gasteiger partial charge on any atom is 0.177 e. The minimum atomic E-state index is -0.0867. The highest BCUT2D eigenvalue weighted by Gasteiger charge is 2.26. The molecule has 0 fully saturated rings. The van der Waals surface area contributed by atoms with Crippen molar-refractivity contribution in [2.45, 2.75) is 117 Å². The van der Waals surface area contributed by atoms with E-state index in [1.165, 1.54) is 38.4 Å². The molecule has 0 radical (unpaired) electrons. The van der Waals surface area contributed by atoms with Gasteiger partial charge in [-0.1, -0.05) is 84.3 Å². The molecule has 0 aliphatic rings. The van der Waals surface area contributed by atoms with Crippen LogP contribution in [-0.4, -0.2) is 12.1 Å². The number of unbranched alkanes of at least 4 members (excludes halogenated alkanes) is 8. The Kier molecular flexibility index (Phi) is 17.4. The van der Waals surface area contributed by atoms with Gasteiger partial charge in [0, 0.05) is 5.41 Å². The predicted octanol–water partition coefficient (Wildman–Crippen LogP) is 7.76. The van der Waals surface area contributed by atoms with E-state index in [2.05, 4.69) is 20.8 Å². The lowest BCUT2D eigenvalue weighted by atomic mass is 9.76. The third-order valence-corrected chi connectivity index (χ3v) is 5.33. The van der Waals surface area contributed by atoms with Gasteiger partial charge in [0.05, 0.1) is 0 Å². The average molecular weight is 377 g/mol. The minimum absolute atomic E-state index is 0.0867. The first-order valence-electron chi connectivity index (χ1n) is 11.5. The largest absolute Gasteiger partial charge is 0.303 e. The highest BCUT2D eigenvalue weighted by Crippen LogP contribution is 2.33. The SMILES string of the molecule is CCCCCCCC=CC(=O)C=CCCCCCC(C=O)(CCC)CCC. The van der Waals surface area contributed by atoms with Crippen molar-refractivity contribution in [2.24, 2.45) is 5.41 Å². The van der Waals surface area contributed by atoms with Gasteiger partial charge in [-0.05, 0) is 57.1 Å². The molecular weight excluding hydrogens is 332 g/mol. The van der Waals surface area contributed by atoms with Gasteiger partial charge < -0.3 is 4.79 Å². The lowest BCUT2D eigenvalue weighted by molar-refractivity contribution is -0.117. The van der Waals surface area contributed by atoms with Crippen molar-refractivity contribution in [1.29, 1.82) is 0 Å². The van der Waals surface area contributed by atoms with Crippen LogP contribution in [0.15, 0.2) is 24.3 Å². The fourth-order valence-corrected chi connectivity index (χ4v) is 3.78. The van der Waals surface area contributed by atoms with Crippen LogP contribution in [0.5, 0.6) is 0 Å². The average Bonchev–Trinajstić information content (AvgIpc) is 2.66. The van der Waals surface area contributed by atoms with Gasteiger partial charge in [-0.3, -0.25) is 4.79 Å². The molecule has 156 valence electrons. The van der Waals surface area contributed by atoms with E-state index >= 15 is 0 Å². The Balaban J connectivity index is 3.83. The van der Waals surface area contributed by atoms with E-state index in [1.807, 2.05) is 12.2 Å². The third-order valence-electron chi connectivity index (χ3n) is 5.33. The van der Waals surface area contributed by atoms with Crippen LogP contribution in [0.2, 0.25) is 0 Å². The zero-order chi connectivity index (χ0) is 20.2. The molecule has 27 heavy (non-hydrogen) atoms. The molecule has 0 aromatic rings. The standard InChI is InChI=1S/C25H44O2/c1-4-7-8-9-10-12-15-18-24(27)19-16-13-11-14-17-22-25(23-26,20-5-2)21-6-3/h15-16,18-19,23H,4-14,17,20-22H2,1-3H3. The summed E-state index contributed by atoms with van der Waals surface area (Å²) < 4.78 is 0. The lowest BCUT2D eigenvalue weighted by Crippen LogP contribution is -2.22. The zero-order valence-electron chi connectivity index (χ0n) is 18.3. The van der Waals surface area contributed by atoms with E-state index < -0.39 is 0 Å². The molecule has 0 N–H and O–H groups in total. The Bertz CT molecular complexity index is 414. The lowest BCUT2D eigenvalue weighted by Gasteiger charge is -2.27. The Morgan fingerprint density at radius 1 is 0.667 bits per heavy atom. The Morgan fingerprint density at radius 3 is 1.67 bits per heavy atom. The molecular formula is C25H44O2. The molecule has 0 aromatic carbocycles. The van der Waals surface area contributed by atoms with Gasteiger partial charge in [0.1, 0.15) is 6.29 Å². The molecule has 0 atom stereocenters. The van der Waals surface area contributed by atoms with Crippen LogP contribution in [0.25, 0.3) is 0 Å². The Morgan fingerprint density at radius 2 is 1.19 bits per heavy atom. The summed E-state index contributed by atoms with van der Waals surface area (Å²) in [5.41, 5.74) is -0.0867. The van der Waals surface area contributed by atoms with Crippen LogP contribution < -0.4 is 0 Å². The molecule has 0 aliphatic carbocycles. The topological polar surface area (TPSA) is 34.1 Å². The van der Waals surface area contributed by atoms with Gasteiger partial charge in [0.2, 0.25) is 0 Å². The fourth-order valence-electron chi connectivity index (χ4n) is 3.78. The van der Waals surface area contributed by atoms with Crippen molar-refractivity contribution >= 4 is 12.1 Å². The first kappa shape index (κ1) is 25.8. The van der Waals surface area contributed by atoms with Crippen molar-refractivity contribution in [3.05, 3.63) is 24.3 Å². The number of aldehydes is 1. The van der Waals surface area contributed by atoms with Crippen LogP contribution in [0.4, 0.5) is 0 Å². The highest BCUT2D eigenvalue weighted by atomic mass is 16.1. The number of carbonyl (C=O) groups is 2. The second-order valence-electron chi connectivity index (χ2n) is 7.99. The van der Waals surface area contributed by atoms with Crippen LogP contribution in [0, 0.1) is 5.41 Å². The molecule has 0 rings (SSSR count). The van der Waals surface area contributed by atoms with Crippen molar-refractivity contribution < 1.29 is 9.59 Å². The van der Waals surface area contributed by atoms with Gasteiger partial charge in [-0.2, -0.15) is 0 Å². The van der Waals surface area contributed by atoms with Gasteiger partial charge >= 0.3 is 0 Å². The van der Waals surface area contributed by atoms with E-state index in [0.29, 0.717) is 0 Å². The molecule has 0 aliphatic heterocycles. The summed E-state index contributed by atoms with van der Waals surface area (Å²) in [5, 5.41) is 0. The molecule has 0 saturated heterocycles. The van der Waals surface area contributed by atoms with Crippen LogP contribution in [0.3, 0.4) is 0 Å². The monoisotopic (exact) mass is 376 g/mol. The number of allylic oxidation sites excluding steroid dienone is 4. The maximum atomic E-state index is 11.8. The summed E-state index contributed by atoms with van der Waals surface area (Å²) in [5.74, 6) is 0.106. The summed E-state index contributed by atoms with van der Waals surface area (Å²) in [6, 6.07) is 0. The molecule has 2 nitrogen and oxygen atoms in total. The van der Waals surface area contributed by atoms with E-state index in [-0.39, 0.29) is 11.2 Å². The van der Waals surface area contributed by atoms with Crippen LogP contribution in [0.1, 0.15) is 117 Å². The maximum absolute atomic E-state index is 11.8.